The summed E-state index contributed by atoms with van der Waals surface area (Å²) >= 11 is 0. The number of carbonyl (C=O) groups excluding carboxylic acids is 1. The molecule has 1 aliphatic rings. The molecule has 2 heterocycles. The second-order valence-corrected chi connectivity index (χ2v) is 9.07. The van der Waals surface area contributed by atoms with Gasteiger partial charge in [0.05, 0.1) is 35.5 Å². The van der Waals surface area contributed by atoms with Crippen LogP contribution in [-0.2, 0) is 23.1 Å². The van der Waals surface area contributed by atoms with Crippen LogP contribution in [-0.4, -0.2) is 60.0 Å². The number of amides is 1. The predicted molar refractivity (Wildman–Crippen MR) is 124 cm³/mol. The molecule has 2 atom stereocenters. The van der Waals surface area contributed by atoms with Crippen LogP contribution in [0.3, 0.4) is 0 Å². The number of amidine groups is 1. The normalized spacial score (nSPS) is 18.6. The lowest BCUT2D eigenvalue weighted by atomic mass is 9.87. The average Bonchev–Trinajstić information content (AvgIpc) is 3.18. The number of aromatic nitrogens is 4. The summed E-state index contributed by atoms with van der Waals surface area (Å²) < 4.78 is 33.5. The van der Waals surface area contributed by atoms with Gasteiger partial charge in [0.1, 0.15) is 11.4 Å². The van der Waals surface area contributed by atoms with Crippen molar-refractivity contribution in [1.82, 2.24) is 25.3 Å². The van der Waals surface area contributed by atoms with Crippen molar-refractivity contribution >= 4 is 17.7 Å². The molecule has 2 aromatic heterocycles. The molecule has 0 radical (unpaired) electrons. The molecule has 1 fully saturated rings. The lowest BCUT2D eigenvalue weighted by Crippen LogP contribution is -2.33. The van der Waals surface area contributed by atoms with Crippen LogP contribution in [0.4, 0.5) is 8.78 Å². The third-order valence-electron chi connectivity index (χ3n) is 6.02. The summed E-state index contributed by atoms with van der Waals surface area (Å²) in [7, 11) is 1.62. The zero-order valence-electron chi connectivity index (χ0n) is 20.4. The third kappa shape index (κ3) is 7.18. The summed E-state index contributed by atoms with van der Waals surface area (Å²) in [4.78, 5) is 27.9. The van der Waals surface area contributed by atoms with Crippen LogP contribution >= 0.6 is 0 Å². The minimum absolute atomic E-state index is 0.0821. The third-order valence-corrected chi connectivity index (χ3v) is 6.02. The Balaban J connectivity index is 1.71. The van der Waals surface area contributed by atoms with Gasteiger partial charge < -0.3 is 20.4 Å². The molecule has 3 N–H and O–H groups in total. The summed E-state index contributed by atoms with van der Waals surface area (Å²) in [6, 6.07) is 3.42. The van der Waals surface area contributed by atoms with Gasteiger partial charge in [0.2, 0.25) is 11.8 Å². The maximum Gasteiger partial charge on any atom is 0.306 e. The number of carbonyl (C=O) groups is 2. The summed E-state index contributed by atoms with van der Waals surface area (Å²) in [5.41, 5.74) is 1.89. The minimum Gasteiger partial charge on any atom is -0.489 e. The molecule has 0 spiro atoms. The highest BCUT2D eigenvalue weighted by molar-refractivity contribution is 5.99. The summed E-state index contributed by atoms with van der Waals surface area (Å²) in [6.07, 6.45) is 1.27. The highest BCUT2D eigenvalue weighted by Crippen LogP contribution is 2.30. The summed E-state index contributed by atoms with van der Waals surface area (Å²) in [5, 5.41) is 32.2. The van der Waals surface area contributed by atoms with Crippen molar-refractivity contribution in [2.45, 2.75) is 70.8 Å². The van der Waals surface area contributed by atoms with Crippen molar-refractivity contribution in [3.63, 3.8) is 0 Å². The maximum atomic E-state index is 13.0. The molecule has 0 saturated heterocycles. The molecule has 1 amide bonds. The van der Waals surface area contributed by atoms with E-state index in [1.165, 1.54) is 4.68 Å². The van der Waals surface area contributed by atoms with Crippen LogP contribution < -0.4 is 10.1 Å². The van der Waals surface area contributed by atoms with E-state index in [0.717, 1.165) is 19.8 Å². The van der Waals surface area contributed by atoms with E-state index in [0.29, 0.717) is 41.4 Å². The Kier molecular flexibility index (Phi) is 8.53. The molecule has 1 saturated carbocycles. The highest BCUT2D eigenvalue weighted by Gasteiger charge is 2.29. The lowest BCUT2D eigenvalue weighted by Gasteiger charge is -2.27. The van der Waals surface area contributed by atoms with Crippen molar-refractivity contribution in [1.29, 1.82) is 0 Å². The van der Waals surface area contributed by atoms with Gasteiger partial charge in [-0.15, -0.1) is 5.10 Å². The molecule has 36 heavy (non-hydrogen) atoms. The van der Waals surface area contributed by atoms with E-state index in [-0.39, 0.29) is 18.4 Å². The van der Waals surface area contributed by atoms with Gasteiger partial charge in [0, 0.05) is 19.9 Å². The summed E-state index contributed by atoms with van der Waals surface area (Å²) in [6.45, 7) is 2.48. The number of carboxylic acid groups (broad SMARTS) is 1. The molecule has 13 heteroatoms. The number of halogens is 2. The Morgan fingerprint density at radius 2 is 2.08 bits per heavy atom. The number of oxime groups is 1. The van der Waals surface area contributed by atoms with Gasteiger partial charge in [-0.2, -0.15) is 0 Å². The molecule has 196 valence electrons. The van der Waals surface area contributed by atoms with Gasteiger partial charge in [-0.3, -0.25) is 14.3 Å². The largest absolute Gasteiger partial charge is 0.489 e. The number of hydrogen-bond acceptors (Lipinski definition) is 8. The van der Waals surface area contributed by atoms with E-state index in [1.54, 1.807) is 26.1 Å². The smallest absolute Gasteiger partial charge is 0.306 e. The number of rotatable bonds is 9. The lowest BCUT2D eigenvalue weighted by molar-refractivity contribution is -0.143. The number of nitrogens with one attached hydrogen (secondary N) is 1. The van der Waals surface area contributed by atoms with Crippen LogP contribution in [0.2, 0.25) is 0 Å². The quantitative estimate of drug-likeness (QED) is 0.202. The number of hydrogen-bond donors (Lipinski definition) is 3. The van der Waals surface area contributed by atoms with Crippen molar-refractivity contribution in [2.24, 2.45) is 18.1 Å². The first kappa shape index (κ1) is 27.0. The number of nitrogens with zero attached hydrogens (tertiary/aromatic N) is 5. The monoisotopic (exact) mass is 508 g/mol. The van der Waals surface area contributed by atoms with Crippen molar-refractivity contribution in [2.75, 3.05) is 0 Å². The van der Waals surface area contributed by atoms with Crippen LogP contribution in [0.5, 0.6) is 5.75 Å². The zero-order valence-corrected chi connectivity index (χ0v) is 20.4. The Morgan fingerprint density at radius 3 is 2.72 bits per heavy atom. The van der Waals surface area contributed by atoms with Crippen LogP contribution in [0, 0.1) is 12.8 Å². The van der Waals surface area contributed by atoms with Crippen molar-refractivity contribution in [3.8, 4) is 17.1 Å². The second kappa shape index (κ2) is 11.4. The first-order chi connectivity index (χ1) is 17.0. The van der Waals surface area contributed by atoms with Crippen LogP contribution in [0.1, 0.15) is 56.8 Å². The molecule has 3 rings (SSSR count). The first-order valence-electron chi connectivity index (χ1n) is 11.6. The minimum atomic E-state index is -2.98. The molecule has 2 aromatic rings. The molecule has 1 aliphatic carbocycles. The average molecular weight is 509 g/mol. The molecule has 0 bridgehead atoms. The second-order valence-electron chi connectivity index (χ2n) is 9.07. The fourth-order valence-corrected chi connectivity index (χ4v) is 4.05. The first-order valence-corrected chi connectivity index (χ1v) is 11.6. The number of alkyl halides is 2. The van der Waals surface area contributed by atoms with E-state index in [1.807, 2.05) is 0 Å². The number of ether oxygens (including phenoxy) is 1. The Bertz CT molecular complexity index is 1130. The molecule has 11 nitrogen and oxygen atoms in total. The topological polar surface area (TPSA) is 152 Å². The van der Waals surface area contributed by atoms with Crippen molar-refractivity contribution in [3.05, 3.63) is 23.5 Å². The van der Waals surface area contributed by atoms with E-state index in [9.17, 15) is 28.7 Å². The molecule has 0 unspecified atom stereocenters. The van der Waals surface area contributed by atoms with Crippen LogP contribution in [0.15, 0.2) is 17.3 Å². The highest BCUT2D eigenvalue weighted by atomic mass is 19.3. The number of carboxylic acids is 1. The van der Waals surface area contributed by atoms with Gasteiger partial charge in [-0.05, 0) is 51.7 Å². The number of pyridine rings is 1. The van der Waals surface area contributed by atoms with Gasteiger partial charge in [-0.1, -0.05) is 10.4 Å². The zero-order chi connectivity index (χ0) is 26.5. The Morgan fingerprint density at radius 1 is 1.33 bits per heavy atom. The van der Waals surface area contributed by atoms with Gasteiger partial charge in [0.25, 0.3) is 0 Å². The maximum absolute atomic E-state index is 13.0. The molecular formula is C23H30F2N6O5. The van der Waals surface area contributed by atoms with Crippen molar-refractivity contribution < 1.29 is 33.4 Å². The SMILES string of the molecule is Cc1nc(-c2nnn(C)c2C/C(=N/O)NC(=O)CCC(C)(F)F)ccc1O[C@H]1CCC[C@H](C(=O)O)C1. The number of aryl methyl sites for hydroxylation is 2. The standard InChI is InChI=1S/C23H30F2N6O5/c1-13-18(36-15-6-4-5-14(11-15)22(33)34)8-7-16(26-13)21-17(31(3)30-28-21)12-19(29-35)27-20(32)9-10-23(2,24)25/h7-8,14-15,35H,4-6,9-12H2,1-3H3,(H,33,34)(H,27,29,32)/t14-,15-/m0/s1. The Hall–Kier alpha value is -3.64. The van der Waals surface area contributed by atoms with Gasteiger partial charge >= 0.3 is 5.97 Å². The van der Waals surface area contributed by atoms with E-state index in [2.05, 4.69) is 25.8 Å². The molecular weight excluding hydrogens is 478 g/mol. The predicted octanol–water partition coefficient (Wildman–Crippen LogP) is 3.09. The molecule has 0 aliphatic heterocycles. The van der Waals surface area contributed by atoms with Gasteiger partial charge in [-0.25, -0.2) is 13.8 Å². The number of aliphatic carboxylic acids is 1. The fourth-order valence-electron chi connectivity index (χ4n) is 4.05. The van der Waals surface area contributed by atoms with E-state index < -0.39 is 36.6 Å². The van der Waals surface area contributed by atoms with Gasteiger partial charge in [0.15, 0.2) is 5.84 Å². The molecule has 0 aromatic carbocycles. The van der Waals surface area contributed by atoms with E-state index in [4.69, 9.17) is 4.74 Å². The van der Waals surface area contributed by atoms with Crippen LogP contribution in [0.25, 0.3) is 11.4 Å². The summed E-state index contributed by atoms with van der Waals surface area (Å²) in [5.74, 6) is -4.52. The Labute approximate surface area is 206 Å². The fraction of sp³-hybridized carbons (Fsp3) is 0.565. The van der Waals surface area contributed by atoms with E-state index >= 15 is 0 Å².